The Hall–Kier alpha value is -2.62. The van der Waals surface area contributed by atoms with Crippen molar-refractivity contribution in [3.8, 4) is 0 Å². The Morgan fingerprint density at radius 1 is 0.471 bits per heavy atom. The van der Waals surface area contributed by atoms with E-state index < -0.39 is 45.8 Å². The van der Waals surface area contributed by atoms with Crippen LogP contribution >= 0.6 is 7.82 Å². The van der Waals surface area contributed by atoms with E-state index in [1.165, 1.54) is 103 Å². The number of carbonyl (C=O) groups excluding carboxylic acids is 1. The average molecular weight is 973 g/mol. The Bertz CT molecular complexity index is 1380. The van der Waals surface area contributed by atoms with Crippen molar-refractivity contribution < 1.29 is 43.0 Å². The Morgan fingerprint density at radius 3 is 1.26 bits per heavy atom. The molecule has 3 unspecified atom stereocenters. The van der Waals surface area contributed by atoms with E-state index in [0.717, 1.165) is 89.9 Å². The van der Waals surface area contributed by atoms with Crippen LogP contribution in [0.3, 0.4) is 0 Å². The smallest absolute Gasteiger partial charge is 0.457 e. The molecule has 3 atom stereocenters. The number of ether oxygens (including phenoxy) is 2. The van der Waals surface area contributed by atoms with Crippen molar-refractivity contribution in [3.05, 3.63) is 97.2 Å². The molecule has 0 bridgehead atoms. The van der Waals surface area contributed by atoms with Gasteiger partial charge in [-0.1, -0.05) is 214 Å². The molecular weight excluding hydrogens is 872 g/mol. The van der Waals surface area contributed by atoms with Gasteiger partial charge < -0.3 is 24.6 Å². The van der Waals surface area contributed by atoms with Gasteiger partial charge in [0.25, 0.3) is 0 Å². The van der Waals surface area contributed by atoms with E-state index in [-0.39, 0.29) is 13.0 Å². The lowest BCUT2D eigenvalue weighted by Crippen LogP contribution is -2.29. The molecule has 0 aliphatic heterocycles. The van der Waals surface area contributed by atoms with E-state index >= 15 is 0 Å². The second kappa shape index (κ2) is 53.7. The minimum absolute atomic E-state index is 0.0324. The van der Waals surface area contributed by atoms with Crippen molar-refractivity contribution in [1.29, 1.82) is 0 Å². The molecule has 0 aliphatic rings. The molecule has 9 nitrogen and oxygen atoms in total. The number of rotatable bonds is 51. The highest BCUT2D eigenvalue weighted by Gasteiger charge is 2.26. The van der Waals surface area contributed by atoms with Crippen LogP contribution in [0.2, 0.25) is 0 Å². The van der Waals surface area contributed by atoms with Crippen LogP contribution in [0, 0.1) is 0 Å². The molecule has 392 valence electrons. The maximum atomic E-state index is 12.7. The van der Waals surface area contributed by atoms with E-state index in [1.54, 1.807) is 0 Å². The van der Waals surface area contributed by atoms with E-state index in [1.807, 2.05) is 0 Å². The molecular formula is C58H101O9P. The number of phosphoric acid groups is 1. The van der Waals surface area contributed by atoms with Gasteiger partial charge in [0.05, 0.1) is 26.4 Å². The van der Waals surface area contributed by atoms with Crippen molar-refractivity contribution in [3.63, 3.8) is 0 Å². The number of carbonyl (C=O) groups is 1. The van der Waals surface area contributed by atoms with Crippen LogP contribution in [-0.4, -0.2) is 66.3 Å². The van der Waals surface area contributed by atoms with Gasteiger partial charge in [-0.05, 0) is 96.3 Å². The zero-order chi connectivity index (χ0) is 49.5. The zero-order valence-corrected chi connectivity index (χ0v) is 44.2. The number of phosphoric ester groups is 1. The van der Waals surface area contributed by atoms with Crippen molar-refractivity contribution in [2.24, 2.45) is 0 Å². The average Bonchev–Trinajstić information content (AvgIpc) is 3.33. The topological polar surface area (TPSA) is 132 Å². The second-order valence-corrected chi connectivity index (χ2v) is 19.3. The first-order valence-corrected chi connectivity index (χ1v) is 28.7. The summed E-state index contributed by atoms with van der Waals surface area (Å²) in [5, 5.41) is 18.4. The largest absolute Gasteiger partial charge is 0.472 e. The molecule has 0 fully saturated rings. The van der Waals surface area contributed by atoms with Gasteiger partial charge in [0.2, 0.25) is 0 Å². The molecule has 0 saturated carbocycles. The first-order chi connectivity index (χ1) is 33.3. The number of unbranched alkanes of at least 4 members (excludes halogenated alkanes) is 21. The van der Waals surface area contributed by atoms with Gasteiger partial charge in [-0.3, -0.25) is 13.8 Å². The van der Waals surface area contributed by atoms with E-state index in [0.29, 0.717) is 13.0 Å². The molecule has 0 spiro atoms. The molecule has 0 aromatic carbocycles. The molecule has 0 aliphatic carbocycles. The summed E-state index contributed by atoms with van der Waals surface area (Å²) in [5.74, 6) is -0.408. The molecule has 0 rings (SSSR count). The van der Waals surface area contributed by atoms with Crippen molar-refractivity contribution in [2.75, 3.05) is 33.0 Å². The minimum Gasteiger partial charge on any atom is -0.457 e. The third kappa shape index (κ3) is 52.7. The van der Waals surface area contributed by atoms with Crippen LogP contribution in [0.1, 0.15) is 219 Å². The van der Waals surface area contributed by atoms with Gasteiger partial charge in [0.1, 0.15) is 12.2 Å². The minimum atomic E-state index is -4.54. The summed E-state index contributed by atoms with van der Waals surface area (Å²) in [6, 6.07) is 0. The fraction of sp³-hybridized carbons (Fsp3) is 0.707. The SMILES string of the molecule is CC/C=C\C/C=C\C/C=C\C/C=C\C/C=C\C/C=C\CCCCCCC(=O)OC(COCCCCCCCCCCCCCC/C=C\C/C=C\CCCCCCC)COP(=O)(O)OCC(O)CO. The highest BCUT2D eigenvalue weighted by atomic mass is 31.2. The number of esters is 1. The number of aliphatic hydroxyl groups excluding tert-OH is 2. The molecule has 0 aromatic heterocycles. The van der Waals surface area contributed by atoms with Crippen LogP contribution in [0.5, 0.6) is 0 Å². The number of aliphatic hydroxyl groups is 2. The predicted molar refractivity (Wildman–Crippen MR) is 288 cm³/mol. The Kier molecular flexibility index (Phi) is 51.7. The van der Waals surface area contributed by atoms with Crippen molar-refractivity contribution in [1.82, 2.24) is 0 Å². The van der Waals surface area contributed by atoms with Crippen molar-refractivity contribution >= 4 is 13.8 Å². The Balaban J connectivity index is 4.13. The summed E-state index contributed by atoms with van der Waals surface area (Å²) >= 11 is 0. The standard InChI is InChI=1S/C58H101O9P/c1-3-5-7-9-11-13-15-17-19-21-23-25-27-29-31-33-35-37-39-41-43-45-47-49-51-64-54-57(55-66-68(62,63)65-53-56(60)52-59)67-58(61)50-48-46-44-42-40-38-36-34-32-30-28-26-24-22-20-18-16-14-12-10-8-6-4-2/h6,8,12,14-15,17-18,20-21,23-24,26,30,32,36,38,56-57,59-60H,3-5,7,9-11,13,16,19,22,25,27-29,31,33-35,37,39-55H2,1-2H3,(H,62,63)/b8-6-,14-12-,17-15-,20-18-,23-21-,26-24-,32-30-,38-36-. The highest BCUT2D eigenvalue weighted by molar-refractivity contribution is 7.47. The van der Waals surface area contributed by atoms with Gasteiger partial charge in [-0.2, -0.15) is 0 Å². The summed E-state index contributed by atoms with van der Waals surface area (Å²) in [7, 11) is -4.54. The zero-order valence-electron chi connectivity index (χ0n) is 43.3. The third-order valence-corrected chi connectivity index (χ3v) is 12.2. The fourth-order valence-corrected chi connectivity index (χ4v) is 7.94. The van der Waals surface area contributed by atoms with E-state index in [9.17, 15) is 19.4 Å². The summed E-state index contributed by atoms with van der Waals surface area (Å²) < 4.78 is 33.6. The molecule has 0 amide bonds. The molecule has 3 N–H and O–H groups in total. The quantitative estimate of drug-likeness (QED) is 0.0236. The second-order valence-electron chi connectivity index (χ2n) is 17.9. The van der Waals surface area contributed by atoms with Gasteiger partial charge in [-0.25, -0.2) is 4.57 Å². The molecule has 0 heterocycles. The number of hydrogen-bond acceptors (Lipinski definition) is 8. The lowest BCUT2D eigenvalue weighted by atomic mass is 10.0. The molecule has 0 saturated heterocycles. The van der Waals surface area contributed by atoms with Crippen LogP contribution in [0.25, 0.3) is 0 Å². The Labute approximate surface area is 417 Å². The fourth-order valence-electron chi connectivity index (χ4n) is 7.15. The maximum absolute atomic E-state index is 12.7. The van der Waals surface area contributed by atoms with Crippen LogP contribution in [0.15, 0.2) is 97.2 Å². The summed E-state index contributed by atoms with van der Waals surface area (Å²) in [4.78, 5) is 22.7. The van der Waals surface area contributed by atoms with Crippen LogP contribution in [0.4, 0.5) is 0 Å². The van der Waals surface area contributed by atoms with Gasteiger partial charge in [0.15, 0.2) is 0 Å². The first-order valence-electron chi connectivity index (χ1n) is 27.2. The number of hydrogen-bond donors (Lipinski definition) is 3. The predicted octanol–water partition coefficient (Wildman–Crippen LogP) is 16.4. The molecule has 10 heteroatoms. The lowest BCUT2D eigenvalue weighted by Gasteiger charge is -2.20. The highest BCUT2D eigenvalue weighted by Crippen LogP contribution is 2.43. The molecule has 0 radical (unpaired) electrons. The monoisotopic (exact) mass is 973 g/mol. The van der Waals surface area contributed by atoms with Gasteiger partial charge >= 0.3 is 13.8 Å². The Morgan fingerprint density at radius 2 is 0.838 bits per heavy atom. The third-order valence-electron chi connectivity index (χ3n) is 11.3. The molecule has 68 heavy (non-hydrogen) atoms. The van der Waals surface area contributed by atoms with Gasteiger partial charge in [0, 0.05) is 13.0 Å². The summed E-state index contributed by atoms with van der Waals surface area (Å²) in [6.07, 6.45) is 69.5. The maximum Gasteiger partial charge on any atom is 0.472 e. The lowest BCUT2D eigenvalue weighted by molar-refractivity contribution is -0.154. The normalized spacial score (nSPS) is 14.5. The first kappa shape index (κ1) is 65.4. The van der Waals surface area contributed by atoms with Crippen LogP contribution in [-0.2, 0) is 27.9 Å². The van der Waals surface area contributed by atoms with E-state index in [2.05, 4.69) is 111 Å². The summed E-state index contributed by atoms with van der Waals surface area (Å²) in [6.45, 7) is 3.36. The van der Waals surface area contributed by atoms with Gasteiger partial charge in [-0.15, -0.1) is 0 Å². The molecule has 0 aromatic rings. The van der Waals surface area contributed by atoms with E-state index in [4.69, 9.17) is 23.6 Å². The summed E-state index contributed by atoms with van der Waals surface area (Å²) in [5.41, 5.74) is 0. The number of allylic oxidation sites excluding steroid dienone is 16. The van der Waals surface area contributed by atoms with Crippen LogP contribution < -0.4 is 0 Å². The van der Waals surface area contributed by atoms with Crippen molar-refractivity contribution in [2.45, 2.75) is 232 Å².